The molecule has 0 aliphatic carbocycles. The molecule has 1 saturated heterocycles. The summed E-state index contributed by atoms with van der Waals surface area (Å²) in [5, 5.41) is 0. The van der Waals surface area contributed by atoms with E-state index < -0.39 is 0 Å². The summed E-state index contributed by atoms with van der Waals surface area (Å²) in [6.45, 7) is 3.58. The van der Waals surface area contributed by atoms with Crippen LogP contribution in [0.4, 0.5) is 4.39 Å². The van der Waals surface area contributed by atoms with E-state index in [4.69, 9.17) is 9.47 Å². The van der Waals surface area contributed by atoms with Crippen LogP contribution in [0.15, 0.2) is 42.6 Å². The van der Waals surface area contributed by atoms with Gasteiger partial charge in [0, 0.05) is 23.2 Å². The molecule has 2 aromatic rings. The molecular weight excluding hydrogens is 269 g/mol. The summed E-state index contributed by atoms with van der Waals surface area (Å²) in [4.78, 5) is 4.41. The van der Waals surface area contributed by atoms with Crippen molar-refractivity contribution >= 4 is 0 Å². The van der Waals surface area contributed by atoms with E-state index in [1.807, 2.05) is 12.1 Å². The normalized spacial score (nSPS) is 22.2. The van der Waals surface area contributed by atoms with Crippen LogP contribution in [-0.2, 0) is 9.47 Å². The summed E-state index contributed by atoms with van der Waals surface area (Å²) >= 11 is 0. The van der Waals surface area contributed by atoms with E-state index in [9.17, 15) is 4.39 Å². The lowest BCUT2D eigenvalue weighted by Crippen LogP contribution is -2.26. The average Bonchev–Trinajstić information content (AvgIpc) is 2.56. The number of pyridine rings is 1. The molecule has 3 rings (SSSR count). The lowest BCUT2D eigenvalue weighted by atomic mass is 10.1. The van der Waals surface area contributed by atoms with Gasteiger partial charge in [-0.2, -0.15) is 0 Å². The van der Waals surface area contributed by atoms with E-state index >= 15 is 0 Å². The quantitative estimate of drug-likeness (QED) is 0.856. The summed E-state index contributed by atoms with van der Waals surface area (Å²) in [6.07, 6.45) is 2.49. The number of hydrogen-bond donors (Lipinski definition) is 0. The molecule has 0 radical (unpaired) electrons. The van der Waals surface area contributed by atoms with Crippen LogP contribution in [0.1, 0.15) is 25.2 Å². The fourth-order valence-electron chi connectivity index (χ4n) is 2.31. The molecule has 0 saturated carbocycles. The third-order valence-corrected chi connectivity index (χ3v) is 3.74. The van der Waals surface area contributed by atoms with Gasteiger partial charge in [-0.25, -0.2) is 4.39 Å². The van der Waals surface area contributed by atoms with Crippen LogP contribution in [0.2, 0.25) is 0 Å². The molecule has 0 amide bonds. The van der Waals surface area contributed by atoms with Crippen molar-refractivity contribution in [1.82, 2.24) is 4.98 Å². The van der Waals surface area contributed by atoms with Gasteiger partial charge in [0.15, 0.2) is 6.29 Å². The van der Waals surface area contributed by atoms with Crippen LogP contribution in [0.5, 0.6) is 0 Å². The van der Waals surface area contributed by atoms with Crippen molar-refractivity contribution in [3.8, 4) is 11.3 Å². The molecule has 1 aromatic heterocycles. The molecule has 1 aromatic carbocycles. The minimum atomic E-state index is -0.331. The van der Waals surface area contributed by atoms with Gasteiger partial charge in [0.1, 0.15) is 5.82 Å². The van der Waals surface area contributed by atoms with Crippen molar-refractivity contribution in [3.05, 3.63) is 54.0 Å². The fourth-order valence-corrected chi connectivity index (χ4v) is 2.31. The Morgan fingerprint density at radius 1 is 1.10 bits per heavy atom. The van der Waals surface area contributed by atoms with E-state index in [2.05, 4.69) is 11.9 Å². The van der Waals surface area contributed by atoms with Crippen molar-refractivity contribution in [1.29, 1.82) is 0 Å². The number of rotatable bonds is 3. The van der Waals surface area contributed by atoms with Gasteiger partial charge in [-0.1, -0.05) is 13.0 Å². The van der Waals surface area contributed by atoms with Gasteiger partial charge in [-0.15, -0.1) is 0 Å². The molecular formula is C17H18FNO2. The predicted octanol–water partition coefficient (Wildman–Crippen LogP) is 3.96. The average molecular weight is 287 g/mol. The highest BCUT2D eigenvalue weighted by atomic mass is 19.1. The van der Waals surface area contributed by atoms with Gasteiger partial charge in [0.05, 0.1) is 18.9 Å². The zero-order valence-electron chi connectivity index (χ0n) is 12.0. The first kappa shape index (κ1) is 14.2. The van der Waals surface area contributed by atoms with Crippen LogP contribution in [-0.4, -0.2) is 18.2 Å². The van der Waals surface area contributed by atoms with Gasteiger partial charge in [0.2, 0.25) is 0 Å². The summed E-state index contributed by atoms with van der Waals surface area (Å²) in [5.74, 6) is 0.234. The van der Waals surface area contributed by atoms with Crippen LogP contribution < -0.4 is 0 Å². The van der Waals surface area contributed by atoms with Gasteiger partial charge < -0.3 is 9.47 Å². The smallest absolute Gasteiger partial charge is 0.185 e. The van der Waals surface area contributed by atoms with Crippen molar-refractivity contribution in [2.24, 2.45) is 5.92 Å². The maximum absolute atomic E-state index is 12.9. The number of benzene rings is 1. The zero-order valence-corrected chi connectivity index (χ0v) is 12.0. The van der Waals surface area contributed by atoms with Crippen LogP contribution in [0.3, 0.4) is 0 Å². The lowest BCUT2D eigenvalue weighted by Gasteiger charge is -2.28. The van der Waals surface area contributed by atoms with Crippen molar-refractivity contribution in [3.63, 3.8) is 0 Å². The van der Waals surface area contributed by atoms with Crippen molar-refractivity contribution in [2.45, 2.75) is 19.6 Å². The Balaban J connectivity index is 1.71. The lowest BCUT2D eigenvalue weighted by molar-refractivity contribution is -0.205. The Bertz CT molecular complexity index is 575. The van der Waals surface area contributed by atoms with Gasteiger partial charge in [-0.05, 0) is 36.8 Å². The topological polar surface area (TPSA) is 31.4 Å². The van der Waals surface area contributed by atoms with E-state index in [0.29, 0.717) is 5.92 Å². The Morgan fingerprint density at radius 3 is 2.38 bits per heavy atom. The second-order valence-corrected chi connectivity index (χ2v) is 5.26. The first-order valence-electron chi connectivity index (χ1n) is 7.21. The van der Waals surface area contributed by atoms with Crippen LogP contribution in [0, 0.1) is 11.7 Å². The number of ether oxygens (including phenoxy) is 2. The minimum Gasteiger partial charge on any atom is -0.348 e. The van der Waals surface area contributed by atoms with Gasteiger partial charge in [0.25, 0.3) is 0 Å². The summed E-state index contributed by atoms with van der Waals surface area (Å²) in [7, 11) is 0. The molecule has 0 spiro atoms. The van der Waals surface area contributed by atoms with E-state index in [0.717, 1.165) is 36.5 Å². The third kappa shape index (κ3) is 3.28. The van der Waals surface area contributed by atoms with Crippen molar-refractivity contribution < 1.29 is 13.9 Å². The Morgan fingerprint density at radius 2 is 1.81 bits per heavy atom. The van der Waals surface area contributed by atoms with Crippen LogP contribution in [0.25, 0.3) is 11.3 Å². The second kappa shape index (κ2) is 6.33. The number of halogens is 1. The molecule has 1 aliphatic rings. The largest absolute Gasteiger partial charge is 0.348 e. The molecule has 4 heteroatoms. The predicted molar refractivity (Wildman–Crippen MR) is 78.1 cm³/mol. The van der Waals surface area contributed by atoms with E-state index in [1.165, 1.54) is 12.1 Å². The summed E-state index contributed by atoms with van der Waals surface area (Å²) in [5.41, 5.74) is 2.61. The fraction of sp³-hybridized carbons (Fsp3) is 0.353. The second-order valence-electron chi connectivity index (χ2n) is 5.26. The Hall–Kier alpha value is -1.78. The first-order chi connectivity index (χ1) is 10.3. The molecule has 21 heavy (non-hydrogen) atoms. The maximum Gasteiger partial charge on any atom is 0.185 e. The Kier molecular flexibility index (Phi) is 4.27. The van der Waals surface area contributed by atoms with E-state index in [1.54, 1.807) is 18.3 Å². The highest BCUT2D eigenvalue weighted by molar-refractivity contribution is 5.58. The molecule has 1 fully saturated rings. The molecule has 110 valence electrons. The summed E-state index contributed by atoms with van der Waals surface area (Å²) < 4.78 is 24.4. The minimum absolute atomic E-state index is 0.246. The SMILES string of the molecule is CCC1COC(c2ccc(-c3ccc(F)cc3)nc2)OC1. The molecule has 0 unspecified atom stereocenters. The molecule has 1 aliphatic heterocycles. The highest BCUT2D eigenvalue weighted by Gasteiger charge is 2.22. The van der Waals surface area contributed by atoms with Gasteiger partial charge >= 0.3 is 0 Å². The number of hydrogen-bond acceptors (Lipinski definition) is 3. The van der Waals surface area contributed by atoms with Crippen LogP contribution >= 0.6 is 0 Å². The highest BCUT2D eigenvalue weighted by Crippen LogP contribution is 2.27. The molecule has 2 heterocycles. The molecule has 0 N–H and O–H groups in total. The first-order valence-corrected chi connectivity index (χ1v) is 7.21. The zero-order chi connectivity index (χ0) is 14.7. The Labute approximate surface area is 123 Å². The van der Waals surface area contributed by atoms with E-state index in [-0.39, 0.29) is 12.1 Å². The molecule has 3 nitrogen and oxygen atoms in total. The molecule has 0 bridgehead atoms. The van der Waals surface area contributed by atoms with Crippen molar-refractivity contribution in [2.75, 3.05) is 13.2 Å². The number of aromatic nitrogens is 1. The molecule has 0 atom stereocenters. The number of nitrogens with zero attached hydrogens (tertiary/aromatic N) is 1. The monoisotopic (exact) mass is 287 g/mol. The standard InChI is InChI=1S/C17H18FNO2/c1-2-12-10-20-17(21-11-12)14-5-8-16(19-9-14)13-3-6-15(18)7-4-13/h3-9,12,17H,2,10-11H2,1H3. The summed E-state index contributed by atoms with van der Waals surface area (Å²) in [6, 6.07) is 10.2. The third-order valence-electron chi connectivity index (χ3n) is 3.74. The maximum atomic E-state index is 12.9. The van der Waals surface area contributed by atoms with Gasteiger partial charge in [-0.3, -0.25) is 4.98 Å².